The Kier molecular flexibility index (Phi) is 5.22. The summed E-state index contributed by atoms with van der Waals surface area (Å²) >= 11 is 1.47. The van der Waals surface area contributed by atoms with E-state index in [1.807, 2.05) is 5.38 Å². The Bertz CT molecular complexity index is 747. The van der Waals surface area contributed by atoms with Crippen molar-refractivity contribution in [1.82, 2.24) is 15.2 Å². The molecule has 138 valence electrons. The minimum atomic E-state index is 0.109. The molecule has 2 fully saturated rings. The van der Waals surface area contributed by atoms with Gasteiger partial charge in [-0.15, -0.1) is 11.3 Å². The molecule has 1 aromatic carbocycles. The molecule has 2 saturated heterocycles. The van der Waals surface area contributed by atoms with E-state index in [1.165, 1.54) is 23.3 Å². The van der Waals surface area contributed by atoms with Gasteiger partial charge in [-0.2, -0.15) is 0 Å². The van der Waals surface area contributed by atoms with Gasteiger partial charge in [-0.05, 0) is 44.2 Å². The van der Waals surface area contributed by atoms with Crippen molar-refractivity contribution in [1.29, 1.82) is 0 Å². The van der Waals surface area contributed by atoms with Gasteiger partial charge in [0.15, 0.2) is 5.13 Å². The molecule has 6 heteroatoms. The summed E-state index contributed by atoms with van der Waals surface area (Å²) in [6.45, 7) is 1.81. The lowest BCUT2D eigenvalue weighted by molar-refractivity contribution is -0.125. The molecule has 1 aromatic heterocycles. The summed E-state index contributed by atoms with van der Waals surface area (Å²) in [6.07, 6.45) is 5.03. The zero-order chi connectivity index (χ0) is 17.9. The first-order valence-electron chi connectivity index (χ1n) is 9.50. The van der Waals surface area contributed by atoms with Crippen LogP contribution in [0, 0.1) is 5.92 Å². The largest absolute Gasteiger partial charge is 0.375 e. The Morgan fingerprint density at radius 3 is 2.96 bits per heavy atom. The Balaban J connectivity index is 1.32. The summed E-state index contributed by atoms with van der Waals surface area (Å²) in [7, 11) is 0. The van der Waals surface area contributed by atoms with E-state index in [-0.39, 0.29) is 11.8 Å². The number of hydrogen-bond acceptors (Lipinski definition) is 5. The van der Waals surface area contributed by atoms with Crippen molar-refractivity contribution in [3.63, 3.8) is 0 Å². The molecule has 3 atom stereocenters. The number of carbonyl (C=O) groups excluding carboxylic acids is 1. The number of thiazole rings is 1. The van der Waals surface area contributed by atoms with Crippen LogP contribution in [0.3, 0.4) is 0 Å². The van der Waals surface area contributed by atoms with Gasteiger partial charge in [0, 0.05) is 24.0 Å². The molecule has 2 aliphatic heterocycles. The fourth-order valence-electron chi connectivity index (χ4n) is 4.50. The summed E-state index contributed by atoms with van der Waals surface area (Å²) in [6, 6.07) is 11.4. The van der Waals surface area contributed by atoms with Gasteiger partial charge in [-0.3, -0.25) is 9.69 Å². The van der Waals surface area contributed by atoms with Crippen LogP contribution in [0.4, 0.5) is 5.13 Å². The molecule has 3 heterocycles. The number of aromatic nitrogens is 1. The average molecular weight is 371 g/mol. The van der Waals surface area contributed by atoms with Crippen LogP contribution in [0.25, 0.3) is 0 Å². The third-order valence-electron chi connectivity index (χ3n) is 5.68. The van der Waals surface area contributed by atoms with E-state index >= 15 is 0 Å². The lowest BCUT2D eigenvalue weighted by Crippen LogP contribution is -2.37. The highest BCUT2D eigenvalue weighted by Crippen LogP contribution is 2.44. The summed E-state index contributed by atoms with van der Waals surface area (Å²) in [5, 5.41) is 5.77. The van der Waals surface area contributed by atoms with Crippen LogP contribution >= 0.6 is 11.3 Å². The smallest absolute Gasteiger partial charge is 0.224 e. The van der Waals surface area contributed by atoms with Crippen molar-refractivity contribution in [2.75, 3.05) is 18.8 Å². The molecule has 26 heavy (non-hydrogen) atoms. The van der Waals surface area contributed by atoms with Crippen LogP contribution in [0.5, 0.6) is 0 Å². The van der Waals surface area contributed by atoms with Gasteiger partial charge in [0.25, 0.3) is 0 Å². The molecular weight excluding hydrogens is 344 g/mol. The minimum Gasteiger partial charge on any atom is -0.375 e. The molecule has 0 radical (unpaired) electrons. The lowest BCUT2D eigenvalue weighted by Gasteiger charge is -2.24. The van der Waals surface area contributed by atoms with Crippen molar-refractivity contribution in [3.8, 4) is 0 Å². The number of carbonyl (C=O) groups is 1. The topological polar surface area (TPSA) is 71.2 Å². The number of rotatable bonds is 6. The average Bonchev–Trinajstić information content (AvgIpc) is 3.36. The van der Waals surface area contributed by atoms with Crippen molar-refractivity contribution < 1.29 is 4.79 Å². The summed E-state index contributed by atoms with van der Waals surface area (Å²) in [5.41, 5.74) is 8.02. The van der Waals surface area contributed by atoms with Crippen LogP contribution in [0.15, 0.2) is 35.7 Å². The Hall–Kier alpha value is -1.92. The molecule has 0 unspecified atom stereocenters. The van der Waals surface area contributed by atoms with Gasteiger partial charge in [0.1, 0.15) is 0 Å². The van der Waals surface area contributed by atoms with Crippen molar-refractivity contribution in [3.05, 3.63) is 47.0 Å². The van der Waals surface area contributed by atoms with E-state index in [0.717, 1.165) is 37.9 Å². The molecule has 0 aliphatic carbocycles. The molecule has 0 bridgehead atoms. The predicted octanol–water partition coefficient (Wildman–Crippen LogP) is 3.00. The van der Waals surface area contributed by atoms with Gasteiger partial charge in [-0.25, -0.2) is 4.98 Å². The Labute approximate surface area is 158 Å². The van der Waals surface area contributed by atoms with E-state index in [0.29, 0.717) is 23.8 Å². The van der Waals surface area contributed by atoms with Crippen LogP contribution in [-0.2, 0) is 11.2 Å². The number of benzene rings is 1. The number of nitrogen functional groups attached to an aromatic ring is 1. The maximum absolute atomic E-state index is 12.8. The highest BCUT2D eigenvalue weighted by Gasteiger charge is 2.46. The first-order chi connectivity index (χ1) is 12.7. The number of aryl methyl sites for hydroxylation is 1. The van der Waals surface area contributed by atoms with Crippen molar-refractivity contribution in [2.45, 2.75) is 44.2 Å². The summed E-state index contributed by atoms with van der Waals surface area (Å²) in [4.78, 5) is 19.6. The summed E-state index contributed by atoms with van der Waals surface area (Å²) in [5.74, 6) is 0.329. The van der Waals surface area contributed by atoms with Crippen molar-refractivity contribution in [2.24, 2.45) is 5.92 Å². The van der Waals surface area contributed by atoms with Gasteiger partial charge < -0.3 is 11.1 Å². The van der Waals surface area contributed by atoms with Crippen LogP contribution < -0.4 is 11.1 Å². The van der Waals surface area contributed by atoms with Gasteiger partial charge >= 0.3 is 0 Å². The molecule has 0 saturated carbocycles. The van der Waals surface area contributed by atoms with E-state index in [4.69, 9.17) is 5.73 Å². The second-order valence-electron chi connectivity index (χ2n) is 7.29. The monoisotopic (exact) mass is 370 g/mol. The number of nitrogens with two attached hydrogens (primary N) is 1. The Morgan fingerprint density at radius 1 is 1.35 bits per heavy atom. The number of hydrogen-bond donors (Lipinski definition) is 2. The zero-order valence-corrected chi connectivity index (χ0v) is 15.8. The van der Waals surface area contributed by atoms with Gasteiger partial charge in [0.05, 0.1) is 11.6 Å². The third kappa shape index (κ3) is 3.62. The number of fused-ring (bicyclic) bond motifs is 1. The van der Waals surface area contributed by atoms with E-state index in [9.17, 15) is 4.79 Å². The highest BCUT2D eigenvalue weighted by molar-refractivity contribution is 7.13. The normalized spacial score (nSPS) is 25.3. The third-order valence-corrected chi connectivity index (χ3v) is 6.41. The first kappa shape index (κ1) is 17.5. The SMILES string of the molecule is Nc1nc(CCCNC(=O)[C@@H]2C[C@H](c3ccccc3)N3CCC[C@@H]23)cs1. The molecule has 0 spiro atoms. The number of anilines is 1. The van der Waals surface area contributed by atoms with Crippen LogP contribution in [0.2, 0.25) is 0 Å². The predicted molar refractivity (Wildman–Crippen MR) is 105 cm³/mol. The molecule has 2 aliphatic rings. The van der Waals surface area contributed by atoms with E-state index < -0.39 is 0 Å². The van der Waals surface area contributed by atoms with Crippen molar-refractivity contribution >= 4 is 22.4 Å². The van der Waals surface area contributed by atoms with E-state index in [2.05, 4.69) is 45.5 Å². The van der Waals surface area contributed by atoms with Gasteiger partial charge in [0.2, 0.25) is 5.91 Å². The minimum absolute atomic E-state index is 0.109. The second kappa shape index (κ2) is 7.76. The lowest BCUT2D eigenvalue weighted by atomic mass is 9.93. The molecule has 5 nitrogen and oxygen atoms in total. The fraction of sp³-hybridized carbons (Fsp3) is 0.500. The molecule has 4 rings (SSSR count). The number of nitrogens with zero attached hydrogens (tertiary/aromatic N) is 2. The number of amides is 1. The zero-order valence-electron chi connectivity index (χ0n) is 14.9. The maximum Gasteiger partial charge on any atom is 0.224 e. The first-order valence-corrected chi connectivity index (χ1v) is 10.4. The fourth-order valence-corrected chi connectivity index (χ4v) is 5.10. The quantitative estimate of drug-likeness (QED) is 0.767. The van der Waals surface area contributed by atoms with Crippen LogP contribution in [-0.4, -0.2) is 34.9 Å². The van der Waals surface area contributed by atoms with Crippen LogP contribution in [0.1, 0.15) is 43.0 Å². The van der Waals surface area contributed by atoms with Gasteiger partial charge in [-0.1, -0.05) is 30.3 Å². The second-order valence-corrected chi connectivity index (χ2v) is 8.18. The highest BCUT2D eigenvalue weighted by atomic mass is 32.1. The summed E-state index contributed by atoms with van der Waals surface area (Å²) < 4.78 is 0. The number of nitrogens with one attached hydrogen (secondary N) is 1. The van der Waals surface area contributed by atoms with E-state index in [1.54, 1.807) is 0 Å². The molecule has 2 aromatic rings. The molecule has 3 N–H and O–H groups in total. The molecular formula is C20H26N4OS. The Morgan fingerprint density at radius 2 is 2.19 bits per heavy atom. The maximum atomic E-state index is 12.8. The standard InChI is InChI=1S/C20H26N4OS/c21-20-23-15(13-26-20)8-4-10-22-19(25)16-12-18(14-6-2-1-3-7-14)24-11-5-9-17(16)24/h1-3,6-7,13,16-18H,4-5,8-12H2,(H2,21,23)(H,22,25)/t16-,17+,18-/m1/s1. The molecule has 1 amide bonds.